The summed E-state index contributed by atoms with van der Waals surface area (Å²) in [6.07, 6.45) is 3.47. The largest absolute Gasteiger partial charge is 0.699 e. The van der Waals surface area contributed by atoms with Crippen molar-refractivity contribution in [2.75, 3.05) is 26.7 Å². The van der Waals surface area contributed by atoms with Crippen molar-refractivity contribution in [1.82, 2.24) is 20.7 Å². The minimum absolute atomic E-state index is 0. The van der Waals surface area contributed by atoms with Crippen LogP contribution >= 0.6 is 23.2 Å². The van der Waals surface area contributed by atoms with Crippen molar-refractivity contribution in [3.05, 3.63) is 57.9 Å². The van der Waals surface area contributed by atoms with Gasteiger partial charge in [0.05, 0.1) is 18.6 Å². The van der Waals surface area contributed by atoms with Gasteiger partial charge in [-0.2, -0.15) is 0 Å². The van der Waals surface area contributed by atoms with Crippen molar-refractivity contribution in [2.24, 2.45) is 0 Å². The molecule has 1 aromatic heterocycles. The topological polar surface area (TPSA) is 137 Å². The molecule has 1 amide bonds. The number of piperidine rings is 1. The Bertz CT molecular complexity index is 1010. The fourth-order valence-corrected chi connectivity index (χ4v) is 3.99. The molecule has 4 N–H and O–H groups in total. The Hall–Kier alpha value is -1.53. The van der Waals surface area contributed by atoms with E-state index in [1.807, 2.05) is 13.0 Å². The molecule has 1 aromatic carbocycles. The number of esters is 1. The van der Waals surface area contributed by atoms with Crippen LogP contribution in [0.25, 0.3) is 5.73 Å². The number of hydrogen-bond donors (Lipinski definition) is 3. The van der Waals surface area contributed by atoms with Gasteiger partial charge in [-0.25, -0.2) is 10.5 Å². The molecule has 2 heterocycles. The number of pyridine rings is 1. The maximum atomic E-state index is 12.2. The van der Waals surface area contributed by atoms with Crippen LogP contribution in [0.5, 0.6) is 5.88 Å². The molecule has 1 aliphatic rings. The van der Waals surface area contributed by atoms with Crippen LogP contribution in [0.1, 0.15) is 38.2 Å². The number of hydrogen-bond acceptors (Lipinski definition) is 8. The summed E-state index contributed by atoms with van der Waals surface area (Å²) in [5.41, 5.74) is 11.1. The summed E-state index contributed by atoms with van der Waals surface area (Å²) in [5.74, 6) is -0.255. The summed E-state index contributed by atoms with van der Waals surface area (Å²) in [5, 5.41) is 12.1. The van der Waals surface area contributed by atoms with Gasteiger partial charge in [0.25, 0.3) is 5.91 Å². The zero-order chi connectivity index (χ0) is 27.2. The van der Waals surface area contributed by atoms with Gasteiger partial charge >= 0.3 is 5.97 Å². The molecule has 0 spiro atoms. The van der Waals surface area contributed by atoms with Crippen LogP contribution in [0, 0.1) is 0 Å². The first-order valence-corrected chi connectivity index (χ1v) is 12.8. The van der Waals surface area contributed by atoms with Gasteiger partial charge in [-0.05, 0) is 44.0 Å². The second-order valence-electron chi connectivity index (χ2n) is 8.44. The molecule has 1 fully saturated rings. The second-order valence-corrected chi connectivity index (χ2v) is 9.29. The maximum Gasteiger partial charge on any atom is 0.306 e. The van der Waals surface area contributed by atoms with Crippen molar-refractivity contribution in [3.8, 4) is 5.88 Å². The van der Waals surface area contributed by atoms with Crippen molar-refractivity contribution in [1.29, 1.82) is 0 Å². The van der Waals surface area contributed by atoms with Crippen molar-refractivity contribution in [3.63, 3.8) is 0 Å². The van der Waals surface area contributed by atoms with Crippen LogP contribution in [0.4, 0.5) is 5.69 Å². The summed E-state index contributed by atoms with van der Waals surface area (Å²) in [6, 6.07) is 8.71. The molecule has 1 atom stereocenters. The van der Waals surface area contributed by atoms with Crippen molar-refractivity contribution >= 4 is 40.8 Å². The summed E-state index contributed by atoms with van der Waals surface area (Å²) in [7, 11) is 1.41. The fraction of sp³-hybridized carbons (Fsp3) is 0.480. The quantitative estimate of drug-likeness (QED) is 0.254. The van der Waals surface area contributed by atoms with Crippen molar-refractivity contribution in [2.45, 2.75) is 51.3 Å². The van der Waals surface area contributed by atoms with E-state index in [4.69, 9.17) is 38.9 Å². The molecule has 1 aliphatic heterocycles. The molecule has 1 saturated heterocycles. The number of hydroxylamine groups is 1. The number of carbonyl (C=O) groups excluding carboxylic acids is 2. The number of amides is 1. The van der Waals surface area contributed by atoms with Gasteiger partial charge in [-0.1, -0.05) is 54.4 Å². The molecule has 0 bridgehead atoms. The Morgan fingerprint density at radius 3 is 2.55 bits per heavy atom. The minimum Gasteiger partial charge on any atom is -0.699 e. The van der Waals surface area contributed by atoms with Crippen LogP contribution in [-0.2, 0) is 53.6 Å². The predicted octanol–water partition coefficient (Wildman–Crippen LogP) is 4.54. The third-order valence-corrected chi connectivity index (χ3v) is 6.19. The predicted molar refractivity (Wildman–Crippen MR) is 142 cm³/mol. The van der Waals surface area contributed by atoms with Gasteiger partial charge in [-0.3, -0.25) is 9.59 Å². The van der Waals surface area contributed by atoms with Crippen LogP contribution < -0.4 is 15.5 Å². The molecular weight excluding hydrogens is 610 g/mol. The van der Waals surface area contributed by atoms with E-state index in [1.165, 1.54) is 19.4 Å². The average Bonchev–Trinajstić information content (AvgIpc) is 2.90. The van der Waals surface area contributed by atoms with Crippen molar-refractivity contribution < 1.29 is 57.0 Å². The Morgan fingerprint density at radius 1 is 1.26 bits per heavy atom. The SMILES string of the molecule is CCC(Oc1ncc(Cl)cc1Cl)C(=O)NCc1cccc([NH-])c1.COC(=O)CCN1CCC(NO)CC1.[Y]. The first-order valence-electron chi connectivity index (χ1n) is 12.0. The third kappa shape index (κ3) is 12.6. The second kappa shape index (κ2) is 18.7. The number of aromatic nitrogens is 1. The molecule has 207 valence electrons. The standard InChI is InChI=1S/C16H16Cl2N3O2.C9H18N2O3.Y/c1-2-14(23-16-13(18)7-11(17)9-21-16)15(22)20-8-10-4-3-5-12(19)6-10;1-14-9(12)4-7-11-5-2-8(10-13)3-6-11;/h3-7,9,14,19H,2,8H2,1H3,(H,20,22);8,10,13H,2-7H2,1H3;/q-1;;. The minimum atomic E-state index is -0.708. The average molecular weight is 644 g/mol. The third-order valence-electron chi connectivity index (χ3n) is 5.71. The van der Waals surface area contributed by atoms with E-state index in [-0.39, 0.29) is 61.5 Å². The first kappa shape index (κ1) is 34.5. The van der Waals surface area contributed by atoms with Gasteiger partial charge in [0.2, 0.25) is 5.88 Å². The molecule has 3 rings (SSSR count). The molecule has 10 nitrogen and oxygen atoms in total. The number of nitrogens with one attached hydrogen (secondary N) is 3. The number of rotatable bonds is 10. The maximum absolute atomic E-state index is 12.2. The number of methoxy groups -OCH3 is 1. The smallest absolute Gasteiger partial charge is 0.306 e. The molecule has 1 unspecified atom stereocenters. The Balaban J connectivity index is 0.000000415. The van der Waals surface area contributed by atoms with E-state index in [1.54, 1.807) is 18.2 Å². The number of halogens is 2. The van der Waals surface area contributed by atoms with E-state index in [9.17, 15) is 9.59 Å². The molecule has 0 saturated carbocycles. The van der Waals surface area contributed by atoms with Gasteiger partial charge in [-0.15, -0.1) is 5.69 Å². The number of nitrogens with zero attached hydrogens (tertiary/aromatic N) is 2. The fourth-order valence-electron chi connectivity index (χ4n) is 3.57. The van der Waals surface area contributed by atoms with E-state index in [0.29, 0.717) is 30.1 Å². The molecule has 13 heteroatoms. The molecule has 0 aliphatic carbocycles. The van der Waals surface area contributed by atoms with E-state index >= 15 is 0 Å². The Kier molecular flexibility index (Phi) is 17.0. The summed E-state index contributed by atoms with van der Waals surface area (Å²) >= 11 is 11.8. The molecule has 2 aromatic rings. The normalized spacial score (nSPS) is 14.3. The summed E-state index contributed by atoms with van der Waals surface area (Å²) in [6.45, 7) is 4.76. The van der Waals surface area contributed by atoms with Gasteiger partial charge in [0, 0.05) is 58.0 Å². The Labute approximate surface area is 258 Å². The summed E-state index contributed by atoms with van der Waals surface area (Å²) < 4.78 is 10.1. The zero-order valence-corrected chi connectivity index (χ0v) is 25.9. The van der Waals surface area contributed by atoms with Crippen LogP contribution in [-0.4, -0.2) is 65.9 Å². The van der Waals surface area contributed by atoms with Gasteiger partial charge in [0.15, 0.2) is 6.10 Å². The number of likely N-dealkylation sites (tertiary alicyclic amines) is 1. The number of benzene rings is 1. The van der Waals surface area contributed by atoms with Crippen LogP contribution in [0.3, 0.4) is 0 Å². The molecule has 38 heavy (non-hydrogen) atoms. The molecular formula is C25H34Cl2N5O5Y-. The monoisotopic (exact) mass is 643 g/mol. The summed E-state index contributed by atoms with van der Waals surface area (Å²) in [4.78, 5) is 29.3. The van der Waals surface area contributed by atoms with Gasteiger partial charge in [0.1, 0.15) is 5.02 Å². The Morgan fingerprint density at radius 2 is 1.97 bits per heavy atom. The van der Waals surface area contributed by atoms with Gasteiger partial charge < -0.3 is 30.6 Å². The number of carbonyl (C=O) groups is 2. The first-order chi connectivity index (χ1) is 17.7. The van der Waals surface area contributed by atoms with Crippen LogP contribution in [0.2, 0.25) is 10.0 Å². The van der Waals surface area contributed by atoms with E-state index in [0.717, 1.165) is 38.0 Å². The van der Waals surface area contributed by atoms with Crippen LogP contribution in [0.15, 0.2) is 36.5 Å². The zero-order valence-electron chi connectivity index (χ0n) is 21.6. The molecule has 1 radical (unpaired) electrons. The van der Waals surface area contributed by atoms with E-state index in [2.05, 4.69) is 25.4 Å². The van der Waals surface area contributed by atoms with E-state index < -0.39 is 6.10 Å². The number of ether oxygens (including phenoxy) is 2.